The molecular formula is C10H23N. The van der Waals surface area contributed by atoms with E-state index in [9.17, 15) is 0 Å². The summed E-state index contributed by atoms with van der Waals surface area (Å²) in [5.41, 5.74) is 6.14. The lowest BCUT2D eigenvalue weighted by Crippen LogP contribution is -2.41. The molecule has 0 saturated carbocycles. The molecular weight excluding hydrogens is 134 g/mol. The van der Waals surface area contributed by atoms with Crippen molar-refractivity contribution in [3.05, 3.63) is 0 Å². The van der Waals surface area contributed by atoms with Crippen molar-refractivity contribution in [2.75, 3.05) is 0 Å². The molecule has 1 unspecified atom stereocenters. The fourth-order valence-corrected chi connectivity index (χ4v) is 0.888. The molecule has 0 aromatic heterocycles. The van der Waals surface area contributed by atoms with Gasteiger partial charge in [0.2, 0.25) is 0 Å². The van der Waals surface area contributed by atoms with Gasteiger partial charge in [-0.15, -0.1) is 0 Å². The monoisotopic (exact) mass is 157 g/mol. The van der Waals surface area contributed by atoms with Crippen LogP contribution in [0.5, 0.6) is 0 Å². The summed E-state index contributed by atoms with van der Waals surface area (Å²) >= 11 is 0. The number of nitrogens with two attached hydrogens (primary N) is 1. The predicted octanol–water partition coefficient (Wildman–Crippen LogP) is 2.80. The van der Waals surface area contributed by atoms with Crippen molar-refractivity contribution < 1.29 is 0 Å². The third-order valence-corrected chi connectivity index (χ3v) is 2.58. The molecule has 0 aromatic rings. The zero-order valence-electron chi connectivity index (χ0n) is 8.65. The van der Waals surface area contributed by atoms with Crippen LogP contribution >= 0.6 is 0 Å². The molecule has 2 N–H and O–H groups in total. The van der Waals surface area contributed by atoms with Crippen LogP contribution < -0.4 is 5.73 Å². The van der Waals surface area contributed by atoms with Gasteiger partial charge in [0.05, 0.1) is 0 Å². The van der Waals surface area contributed by atoms with Crippen molar-refractivity contribution in [3.8, 4) is 0 Å². The molecule has 0 heterocycles. The molecule has 0 spiro atoms. The van der Waals surface area contributed by atoms with Gasteiger partial charge in [-0.05, 0) is 31.6 Å². The van der Waals surface area contributed by atoms with Crippen molar-refractivity contribution in [1.29, 1.82) is 0 Å². The molecule has 68 valence electrons. The maximum atomic E-state index is 6.11. The van der Waals surface area contributed by atoms with Crippen LogP contribution in [0.1, 0.15) is 47.5 Å². The average molecular weight is 157 g/mol. The van der Waals surface area contributed by atoms with E-state index in [1.165, 1.54) is 6.42 Å². The molecule has 11 heavy (non-hydrogen) atoms. The minimum atomic E-state index is 0.0320. The second-order valence-electron chi connectivity index (χ2n) is 4.59. The molecule has 0 radical (unpaired) electrons. The van der Waals surface area contributed by atoms with E-state index in [1.54, 1.807) is 0 Å². The third kappa shape index (κ3) is 4.41. The van der Waals surface area contributed by atoms with E-state index in [0.29, 0.717) is 5.92 Å². The fourth-order valence-electron chi connectivity index (χ4n) is 0.888. The van der Waals surface area contributed by atoms with Gasteiger partial charge in [0.15, 0.2) is 0 Å². The van der Waals surface area contributed by atoms with E-state index in [0.717, 1.165) is 12.3 Å². The Balaban J connectivity index is 3.73. The highest BCUT2D eigenvalue weighted by Crippen LogP contribution is 2.21. The number of hydrogen-bond acceptors (Lipinski definition) is 1. The van der Waals surface area contributed by atoms with E-state index in [1.807, 2.05) is 0 Å². The van der Waals surface area contributed by atoms with E-state index in [4.69, 9.17) is 5.73 Å². The molecule has 0 bridgehead atoms. The van der Waals surface area contributed by atoms with Crippen LogP contribution in [0.4, 0.5) is 0 Å². The lowest BCUT2D eigenvalue weighted by Gasteiger charge is -2.29. The quantitative estimate of drug-likeness (QED) is 0.667. The van der Waals surface area contributed by atoms with Crippen molar-refractivity contribution in [2.24, 2.45) is 17.6 Å². The highest BCUT2D eigenvalue weighted by molar-refractivity contribution is 4.81. The van der Waals surface area contributed by atoms with Gasteiger partial charge >= 0.3 is 0 Å². The summed E-state index contributed by atoms with van der Waals surface area (Å²) in [5, 5.41) is 0. The normalized spacial score (nSPS) is 17.5. The second-order valence-corrected chi connectivity index (χ2v) is 4.59. The molecule has 0 rings (SSSR count). The third-order valence-electron chi connectivity index (χ3n) is 2.58. The summed E-state index contributed by atoms with van der Waals surface area (Å²) in [6.45, 7) is 11.0. The van der Waals surface area contributed by atoms with Gasteiger partial charge in [0, 0.05) is 5.54 Å². The van der Waals surface area contributed by atoms with Crippen LogP contribution in [0.15, 0.2) is 0 Å². The van der Waals surface area contributed by atoms with Gasteiger partial charge in [-0.1, -0.05) is 27.7 Å². The first-order chi connectivity index (χ1) is 4.86. The zero-order chi connectivity index (χ0) is 9.07. The van der Waals surface area contributed by atoms with E-state index in [2.05, 4.69) is 34.6 Å². The zero-order valence-corrected chi connectivity index (χ0v) is 8.65. The van der Waals surface area contributed by atoms with Gasteiger partial charge in [0.25, 0.3) is 0 Å². The Morgan fingerprint density at radius 2 is 1.64 bits per heavy atom. The van der Waals surface area contributed by atoms with Crippen molar-refractivity contribution in [2.45, 2.75) is 53.0 Å². The summed E-state index contributed by atoms with van der Waals surface area (Å²) < 4.78 is 0. The summed E-state index contributed by atoms with van der Waals surface area (Å²) in [6, 6.07) is 0. The number of rotatable bonds is 4. The summed E-state index contributed by atoms with van der Waals surface area (Å²) in [6.07, 6.45) is 2.38. The second kappa shape index (κ2) is 4.10. The van der Waals surface area contributed by atoms with Gasteiger partial charge in [-0.2, -0.15) is 0 Å². The average Bonchev–Trinajstić information content (AvgIpc) is 1.84. The van der Waals surface area contributed by atoms with Crippen molar-refractivity contribution in [3.63, 3.8) is 0 Å². The molecule has 0 fully saturated rings. The van der Waals surface area contributed by atoms with Crippen LogP contribution in [0, 0.1) is 11.8 Å². The van der Waals surface area contributed by atoms with Crippen LogP contribution in [0.3, 0.4) is 0 Å². The maximum absolute atomic E-state index is 6.11. The van der Waals surface area contributed by atoms with Gasteiger partial charge in [-0.25, -0.2) is 0 Å². The van der Waals surface area contributed by atoms with Crippen LogP contribution in [-0.4, -0.2) is 5.54 Å². The summed E-state index contributed by atoms with van der Waals surface area (Å²) in [5.74, 6) is 1.36. The lowest BCUT2D eigenvalue weighted by atomic mass is 9.83. The van der Waals surface area contributed by atoms with Crippen molar-refractivity contribution in [1.82, 2.24) is 0 Å². The summed E-state index contributed by atoms with van der Waals surface area (Å²) in [7, 11) is 0. The largest absolute Gasteiger partial charge is 0.325 e. The van der Waals surface area contributed by atoms with Gasteiger partial charge < -0.3 is 5.73 Å². The van der Waals surface area contributed by atoms with E-state index < -0.39 is 0 Å². The smallest absolute Gasteiger partial charge is 0.0149 e. The molecule has 1 atom stereocenters. The Kier molecular flexibility index (Phi) is 4.09. The van der Waals surface area contributed by atoms with Crippen molar-refractivity contribution >= 4 is 0 Å². The minimum absolute atomic E-state index is 0.0320. The topological polar surface area (TPSA) is 26.0 Å². The molecule has 0 aliphatic heterocycles. The minimum Gasteiger partial charge on any atom is -0.325 e. The van der Waals surface area contributed by atoms with E-state index in [-0.39, 0.29) is 5.54 Å². The molecule has 1 heteroatoms. The fraction of sp³-hybridized carbons (Fsp3) is 1.00. The Morgan fingerprint density at radius 1 is 1.18 bits per heavy atom. The Bertz CT molecular complexity index is 103. The van der Waals surface area contributed by atoms with Crippen LogP contribution in [0.25, 0.3) is 0 Å². The first kappa shape index (κ1) is 11.0. The van der Waals surface area contributed by atoms with E-state index >= 15 is 0 Å². The lowest BCUT2D eigenvalue weighted by molar-refractivity contribution is 0.294. The standard InChI is InChI=1S/C10H23N/c1-8(2)6-7-10(5,11)9(3)4/h8-9H,6-7,11H2,1-5H3. The SMILES string of the molecule is CC(C)CCC(C)(N)C(C)C. The highest BCUT2D eigenvalue weighted by atomic mass is 14.7. The molecule has 0 aromatic carbocycles. The molecule has 0 aliphatic carbocycles. The molecule has 0 saturated heterocycles. The predicted molar refractivity (Wildman–Crippen MR) is 51.5 cm³/mol. The highest BCUT2D eigenvalue weighted by Gasteiger charge is 2.22. The first-order valence-corrected chi connectivity index (χ1v) is 4.65. The van der Waals surface area contributed by atoms with Gasteiger partial charge in [-0.3, -0.25) is 0 Å². The number of hydrogen-bond donors (Lipinski definition) is 1. The first-order valence-electron chi connectivity index (χ1n) is 4.65. The Hall–Kier alpha value is -0.0400. The molecule has 0 aliphatic rings. The molecule has 0 amide bonds. The maximum Gasteiger partial charge on any atom is 0.0149 e. The van der Waals surface area contributed by atoms with Crippen LogP contribution in [-0.2, 0) is 0 Å². The van der Waals surface area contributed by atoms with Gasteiger partial charge in [0.1, 0.15) is 0 Å². The van der Waals surface area contributed by atoms with Crippen LogP contribution in [0.2, 0.25) is 0 Å². The Morgan fingerprint density at radius 3 is 1.91 bits per heavy atom. The summed E-state index contributed by atoms with van der Waals surface area (Å²) in [4.78, 5) is 0. The molecule has 1 nitrogen and oxygen atoms in total. The Labute approximate surface area is 71.4 Å².